The van der Waals surface area contributed by atoms with Gasteiger partial charge in [0.15, 0.2) is 0 Å². The Hall–Kier alpha value is -0.0800. The number of rotatable bonds is 1. The molecule has 2 nitrogen and oxygen atoms in total. The Bertz CT molecular complexity index is 167. The maximum Gasteiger partial charge on any atom is 0.0794 e. The van der Waals surface area contributed by atoms with E-state index in [9.17, 15) is 5.11 Å². The first-order valence-electron chi connectivity index (χ1n) is 5.57. The first-order valence-corrected chi connectivity index (χ1v) is 5.57. The van der Waals surface area contributed by atoms with E-state index < -0.39 is 0 Å². The second-order valence-electron chi connectivity index (χ2n) is 5.18. The largest absolute Gasteiger partial charge is 0.390 e. The fourth-order valence-corrected chi connectivity index (χ4v) is 2.99. The SMILES string of the molecule is CC1CC(C)CC(N2CC(O)C2)C1. The van der Waals surface area contributed by atoms with Crippen LogP contribution in [-0.4, -0.2) is 35.2 Å². The van der Waals surface area contributed by atoms with Gasteiger partial charge in [0.25, 0.3) is 0 Å². The average Bonchev–Trinajstić information content (AvgIpc) is 1.96. The van der Waals surface area contributed by atoms with Gasteiger partial charge in [0.1, 0.15) is 0 Å². The van der Waals surface area contributed by atoms with E-state index in [4.69, 9.17) is 0 Å². The molecule has 1 aliphatic carbocycles. The van der Waals surface area contributed by atoms with Crippen LogP contribution in [0.2, 0.25) is 0 Å². The zero-order valence-electron chi connectivity index (χ0n) is 8.74. The third-order valence-electron chi connectivity index (χ3n) is 3.56. The molecule has 0 aromatic carbocycles. The lowest BCUT2D eigenvalue weighted by molar-refractivity contribution is -0.0432. The average molecular weight is 183 g/mol. The van der Waals surface area contributed by atoms with Gasteiger partial charge in [-0.1, -0.05) is 13.8 Å². The molecule has 1 heterocycles. The van der Waals surface area contributed by atoms with Crippen LogP contribution in [0.4, 0.5) is 0 Å². The molecule has 0 spiro atoms. The van der Waals surface area contributed by atoms with Crippen LogP contribution in [0, 0.1) is 11.8 Å². The highest BCUT2D eigenvalue weighted by atomic mass is 16.3. The van der Waals surface area contributed by atoms with Crippen LogP contribution >= 0.6 is 0 Å². The maximum atomic E-state index is 9.24. The number of β-amino-alcohol motifs (C(OH)–C–C–N with tert-alkyl or cyclic N) is 1. The molecule has 76 valence electrons. The highest BCUT2D eigenvalue weighted by Crippen LogP contribution is 2.33. The van der Waals surface area contributed by atoms with Crippen molar-refractivity contribution in [1.29, 1.82) is 0 Å². The van der Waals surface area contributed by atoms with Crippen molar-refractivity contribution in [1.82, 2.24) is 4.90 Å². The van der Waals surface area contributed by atoms with Crippen molar-refractivity contribution in [3.05, 3.63) is 0 Å². The van der Waals surface area contributed by atoms with Gasteiger partial charge in [0, 0.05) is 19.1 Å². The number of nitrogens with zero attached hydrogens (tertiary/aromatic N) is 1. The summed E-state index contributed by atoms with van der Waals surface area (Å²) in [5.74, 6) is 1.76. The highest BCUT2D eigenvalue weighted by Gasteiger charge is 2.34. The first-order chi connectivity index (χ1) is 6.15. The fourth-order valence-electron chi connectivity index (χ4n) is 2.99. The van der Waals surface area contributed by atoms with Gasteiger partial charge in [-0.3, -0.25) is 4.90 Å². The summed E-state index contributed by atoms with van der Waals surface area (Å²) >= 11 is 0. The van der Waals surface area contributed by atoms with Gasteiger partial charge in [-0.15, -0.1) is 0 Å². The van der Waals surface area contributed by atoms with Crippen molar-refractivity contribution in [2.75, 3.05) is 13.1 Å². The van der Waals surface area contributed by atoms with E-state index in [-0.39, 0.29) is 6.10 Å². The van der Waals surface area contributed by atoms with Crippen molar-refractivity contribution in [2.24, 2.45) is 11.8 Å². The minimum Gasteiger partial charge on any atom is -0.390 e. The molecule has 0 bridgehead atoms. The normalized spacial score (nSPS) is 43.2. The number of hydrogen-bond donors (Lipinski definition) is 1. The molecular weight excluding hydrogens is 162 g/mol. The van der Waals surface area contributed by atoms with Gasteiger partial charge in [-0.2, -0.15) is 0 Å². The predicted molar refractivity (Wildman–Crippen MR) is 53.5 cm³/mol. The van der Waals surface area contributed by atoms with Crippen LogP contribution in [0.3, 0.4) is 0 Å². The number of likely N-dealkylation sites (tertiary alicyclic amines) is 1. The Morgan fingerprint density at radius 3 is 2.00 bits per heavy atom. The third-order valence-corrected chi connectivity index (χ3v) is 3.56. The van der Waals surface area contributed by atoms with Gasteiger partial charge < -0.3 is 5.11 Å². The van der Waals surface area contributed by atoms with E-state index in [1.807, 2.05) is 0 Å². The van der Waals surface area contributed by atoms with E-state index in [0.29, 0.717) is 0 Å². The molecule has 1 aliphatic heterocycles. The Balaban J connectivity index is 1.85. The van der Waals surface area contributed by atoms with Gasteiger partial charge in [0.2, 0.25) is 0 Å². The molecule has 2 fully saturated rings. The molecule has 2 rings (SSSR count). The molecule has 1 saturated heterocycles. The van der Waals surface area contributed by atoms with Crippen LogP contribution in [0.15, 0.2) is 0 Å². The lowest BCUT2D eigenvalue weighted by Crippen LogP contribution is -2.56. The van der Waals surface area contributed by atoms with Crippen molar-refractivity contribution < 1.29 is 5.11 Å². The molecule has 2 atom stereocenters. The number of hydrogen-bond acceptors (Lipinski definition) is 2. The minimum atomic E-state index is -0.0347. The van der Waals surface area contributed by atoms with Crippen LogP contribution in [-0.2, 0) is 0 Å². The third kappa shape index (κ3) is 2.05. The van der Waals surface area contributed by atoms with Gasteiger partial charge in [-0.05, 0) is 31.1 Å². The molecule has 2 unspecified atom stereocenters. The molecule has 0 amide bonds. The van der Waals surface area contributed by atoms with Crippen LogP contribution in [0.25, 0.3) is 0 Å². The van der Waals surface area contributed by atoms with Crippen LogP contribution in [0.1, 0.15) is 33.1 Å². The summed E-state index contributed by atoms with van der Waals surface area (Å²) in [6.45, 7) is 6.56. The lowest BCUT2D eigenvalue weighted by Gasteiger charge is -2.46. The molecule has 0 radical (unpaired) electrons. The van der Waals surface area contributed by atoms with Crippen LogP contribution in [0.5, 0.6) is 0 Å². The zero-order chi connectivity index (χ0) is 9.42. The summed E-state index contributed by atoms with van der Waals surface area (Å²) in [5, 5.41) is 9.24. The van der Waals surface area contributed by atoms with Crippen LogP contribution < -0.4 is 0 Å². The van der Waals surface area contributed by atoms with E-state index >= 15 is 0 Å². The van der Waals surface area contributed by atoms with Crippen molar-refractivity contribution in [2.45, 2.75) is 45.3 Å². The summed E-state index contributed by atoms with van der Waals surface area (Å²) in [5.41, 5.74) is 0. The Labute approximate surface area is 80.9 Å². The van der Waals surface area contributed by atoms with Crippen molar-refractivity contribution in [3.63, 3.8) is 0 Å². The summed E-state index contributed by atoms with van der Waals surface area (Å²) < 4.78 is 0. The van der Waals surface area contributed by atoms with E-state index in [2.05, 4.69) is 18.7 Å². The molecule has 0 aromatic rings. The summed E-state index contributed by atoms with van der Waals surface area (Å²) in [7, 11) is 0. The van der Waals surface area contributed by atoms with E-state index in [1.165, 1.54) is 19.3 Å². The summed E-state index contributed by atoms with van der Waals surface area (Å²) in [6.07, 6.45) is 4.05. The van der Waals surface area contributed by atoms with E-state index in [1.54, 1.807) is 0 Å². The van der Waals surface area contributed by atoms with Gasteiger partial charge in [0.05, 0.1) is 6.10 Å². The minimum absolute atomic E-state index is 0.0347. The van der Waals surface area contributed by atoms with Gasteiger partial charge >= 0.3 is 0 Å². The first kappa shape index (κ1) is 9.47. The topological polar surface area (TPSA) is 23.5 Å². The second-order valence-corrected chi connectivity index (χ2v) is 5.18. The van der Waals surface area contributed by atoms with Crippen molar-refractivity contribution in [3.8, 4) is 0 Å². The quantitative estimate of drug-likeness (QED) is 0.665. The molecule has 2 heteroatoms. The monoisotopic (exact) mass is 183 g/mol. The summed E-state index contributed by atoms with van der Waals surface area (Å²) in [4.78, 5) is 2.46. The Morgan fingerprint density at radius 2 is 1.54 bits per heavy atom. The molecule has 1 saturated carbocycles. The fraction of sp³-hybridized carbons (Fsp3) is 1.00. The predicted octanol–water partition coefficient (Wildman–Crippen LogP) is 1.49. The molecule has 2 aliphatic rings. The number of aliphatic hydroxyl groups excluding tert-OH is 1. The highest BCUT2D eigenvalue weighted by molar-refractivity contribution is 4.89. The summed E-state index contributed by atoms with van der Waals surface area (Å²) in [6, 6.07) is 0.766. The molecule has 1 N–H and O–H groups in total. The van der Waals surface area contributed by atoms with Gasteiger partial charge in [-0.25, -0.2) is 0 Å². The maximum absolute atomic E-state index is 9.24. The molecular formula is C11H21NO. The molecule has 13 heavy (non-hydrogen) atoms. The zero-order valence-corrected chi connectivity index (χ0v) is 8.74. The number of aliphatic hydroxyl groups is 1. The standard InChI is InChI=1S/C11H21NO/c1-8-3-9(2)5-10(4-8)12-6-11(13)7-12/h8-11,13H,3-7H2,1-2H3. The second kappa shape index (κ2) is 3.58. The smallest absolute Gasteiger partial charge is 0.0794 e. The Morgan fingerprint density at radius 1 is 1.00 bits per heavy atom. The lowest BCUT2D eigenvalue weighted by atomic mass is 9.79. The molecule has 0 aromatic heterocycles. The van der Waals surface area contributed by atoms with Crippen molar-refractivity contribution >= 4 is 0 Å². The van der Waals surface area contributed by atoms with E-state index in [0.717, 1.165) is 31.0 Å². The Kier molecular flexibility index (Phi) is 2.61.